The molecule has 0 aliphatic carbocycles. The van der Waals surface area contributed by atoms with Crippen molar-refractivity contribution in [3.8, 4) is 5.75 Å². The molecule has 194 valence electrons. The molecule has 0 aliphatic heterocycles. The highest BCUT2D eigenvalue weighted by molar-refractivity contribution is 7.16. The lowest BCUT2D eigenvalue weighted by Gasteiger charge is -2.24. The van der Waals surface area contributed by atoms with Gasteiger partial charge in [-0.1, -0.05) is 23.7 Å². The van der Waals surface area contributed by atoms with E-state index in [2.05, 4.69) is 15.7 Å². The average Bonchev–Trinajstić information content (AvgIpc) is 3.37. The number of fused-ring (bicyclic) bond motifs is 1. The van der Waals surface area contributed by atoms with Crippen molar-refractivity contribution >= 4 is 56.8 Å². The number of hydrogen-bond donors (Lipinski definition) is 4. The number of hydrogen-bond acceptors (Lipinski definition) is 8. The topological polar surface area (TPSA) is 149 Å². The van der Waals surface area contributed by atoms with Crippen LogP contribution in [0, 0.1) is 0 Å². The highest BCUT2D eigenvalue weighted by atomic mass is 35.5. The second kappa shape index (κ2) is 11.4. The van der Waals surface area contributed by atoms with Gasteiger partial charge in [-0.15, -0.1) is 11.3 Å². The quantitative estimate of drug-likeness (QED) is 0.190. The van der Waals surface area contributed by atoms with Crippen molar-refractivity contribution in [1.82, 2.24) is 20.7 Å². The van der Waals surface area contributed by atoms with Gasteiger partial charge in [0.1, 0.15) is 11.8 Å². The number of phenolic OH excluding ortho intramolecular Hbond substituents is 1. The first-order chi connectivity index (χ1) is 18.1. The Kier molecular flexibility index (Phi) is 8.01. The number of hydrazine groups is 1. The molecule has 0 spiro atoms. The molecule has 4 aromatic rings. The van der Waals surface area contributed by atoms with Crippen molar-refractivity contribution in [3.05, 3.63) is 93.5 Å². The Morgan fingerprint density at radius 3 is 2.50 bits per heavy atom. The first-order valence-corrected chi connectivity index (χ1v) is 12.5. The fourth-order valence-electron chi connectivity index (χ4n) is 3.48. The van der Waals surface area contributed by atoms with Crippen LogP contribution in [0.3, 0.4) is 0 Å². The summed E-state index contributed by atoms with van der Waals surface area (Å²) in [7, 11) is 0. The van der Waals surface area contributed by atoms with E-state index in [-0.39, 0.29) is 34.0 Å². The smallest absolute Gasteiger partial charge is 0.322 e. The third-order valence-electron chi connectivity index (χ3n) is 5.50. The SMILES string of the molecule is C[C@H](NN(C(=O)c1ccc2ncsc2c1)C(=O)c1ccc(C(=O)NCc2cccc(O)c2)cc1Cl)C(=O)O. The van der Waals surface area contributed by atoms with Crippen molar-refractivity contribution in [3.63, 3.8) is 0 Å². The number of carboxylic acid groups (broad SMARTS) is 1. The maximum Gasteiger partial charge on any atom is 0.322 e. The van der Waals surface area contributed by atoms with E-state index in [1.54, 1.807) is 29.8 Å². The summed E-state index contributed by atoms with van der Waals surface area (Å²) < 4.78 is 0.716. The lowest BCUT2D eigenvalue weighted by atomic mass is 10.1. The fraction of sp³-hybridized carbons (Fsp3) is 0.115. The molecule has 4 N–H and O–H groups in total. The Labute approximate surface area is 225 Å². The molecule has 1 atom stereocenters. The third kappa shape index (κ3) is 5.97. The maximum atomic E-state index is 13.4. The average molecular weight is 553 g/mol. The van der Waals surface area contributed by atoms with Crippen molar-refractivity contribution in [1.29, 1.82) is 0 Å². The van der Waals surface area contributed by atoms with Crippen LogP contribution in [-0.2, 0) is 11.3 Å². The van der Waals surface area contributed by atoms with Crippen LogP contribution in [0.2, 0.25) is 5.02 Å². The highest BCUT2D eigenvalue weighted by Crippen LogP contribution is 2.23. The summed E-state index contributed by atoms with van der Waals surface area (Å²) in [6.07, 6.45) is 0. The molecule has 4 rings (SSSR count). The molecule has 10 nitrogen and oxygen atoms in total. The predicted octanol–water partition coefficient (Wildman–Crippen LogP) is 3.85. The Morgan fingerprint density at radius 2 is 1.79 bits per heavy atom. The Bertz CT molecular complexity index is 1560. The molecule has 1 aromatic heterocycles. The zero-order valence-electron chi connectivity index (χ0n) is 19.8. The van der Waals surface area contributed by atoms with Gasteiger partial charge in [0.25, 0.3) is 17.7 Å². The van der Waals surface area contributed by atoms with Crippen molar-refractivity contribution in [2.45, 2.75) is 19.5 Å². The van der Waals surface area contributed by atoms with Gasteiger partial charge in [0.15, 0.2) is 0 Å². The van der Waals surface area contributed by atoms with Crippen LogP contribution in [0.5, 0.6) is 5.75 Å². The number of rotatable bonds is 8. The minimum absolute atomic E-state index is 0.0690. The van der Waals surface area contributed by atoms with E-state index < -0.39 is 29.7 Å². The van der Waals surface area contributed by atoms with Crippen LogP contribution in [0.4, 0.5) is 0 Å². The molecule has 0 unspecified atom stereocenters. The Morgan fingerprint density at radius 1 is 1.03 bits per heavy atom. The molecule has 38 heavy (non-hydrogen) atoms. The summed E-state index contributed by atoms with van der Waals surface area (Å²) in [4.78, 5) is 55.0. The van der Waals surface area contributed by atoms with E-state index in [4.69, 9.17) is 11.6 Å². The van der Waals surface area contributed by atoms with Crippen LogP contribution in [0.15, 0.2) is 66.2 Å². The second-order valence-electron chi connectivity index (χ2n) is 8.22. The number of thiazole rings is 1. The number of amides is 3. The van der Waals surface area contributed by atoms with E-state index in [0.29, 0.717) is 20.8 Å². The van der Waals surface area contributed by atoms with E-state index >= 15 is 0 Å². The number of phenols is 1. The van der Waals surface area contributed by atoms with Crippen LogP contribution < -0.4 is 10.7 Å². The number of nitrogens with zero attached hydrogens (tertiary/aromatic N) is 2. The monoisotopic (exact) mass is 552 g/mol. The molecule has 0 fully saturated rings. The molecule has 3 amide bonds. The van der Waals surface area contributed by atoms with Crippen molar-refractivity contribution < 1.29 is 29.4 Å². The molecule has 12 heteroatoms. The molecule has 0 aliphatic rings. The zero-order valence-corrected chi connectivity index (χ0v) is 21.4. The van der Waals surface area contributed by atoms with Gasteiger partial charge in [-0.05, 0) is 61.0 Å². The molecule has 3 aromatic carbocycles. The predicted molar refractivity (Wildman–Crippen MR) is 141 cm³/mol. The van der Waals surface area contributed by atoms with Gasteiger partial charge in [-0.2, -0.15) is 0 Å². The number of aromatic hydroxyl groups is 1. The van der Waals surface area contributed by atoms with Crippen molar-refractivity contribution in [2.75, 3.05) is 0 Å². The largest absolute Gasteiger partial charge is 0.508 e. The third-order valence-corrected chi connectivity index (χ3v) is 6.61. The van der Waals surface area contributed by atoms with Crippen LogP contribution in [0.1, 0.15) is 43.6 Å². The van der Waals surface area contributed by atoms with Gasteiger partial charge >= 0.3 is 5.97 Å². The summed E-state index contributed by atoms with van der Waals surface area (Å²) in [6.45, 7) is 1.43. The van der Waals surface area contributed by atoms with Gasteiger partial charge in [0, 0.05) is 17.7 Å². The van der Waals surface area contributed by atoms with Gasteiger partial charge < -0.3 is 15.5 Å². The van der Waals surface area contributed by atoms with Gasteiger partial charge in [0.05, 0.1) is 26.3 Å². The number of carbonyl (C=O) groups excluding carboxylic acids is 3. The summed E-state index contributed by atoms with van der Waals surface area (Å²) in [6, 6.07) is 13.7. The molecule has 0 bridgehead atoms. The van der Waals surface area contributed by atoms with Crippen LogP contribution >= 0.6 is 22.9 Å². The van der Waals surface area contributed by atoms with E-state index in [0.717, 1.165) is 0 Å². The van der Waals surface area contributed by atoms with Gasteiger partial charge in [0.2, 0.25) is 0 Å². The van der Waals surface area contributed by atoms with Crippen LogP contribution in [0.25, 0.3) is 10.2 Å². The minimum Gasteiger partial charge on any atom is -0.508 e. The lowest BCUT2D eigenvalue weighted by Crippen LogP contribution is -2.53. The number of aromatic nitrogens is 1. The van der Waals surface area contributed by atoms with Crippen LogP contribution in [-0.4, -0.2) is 49.9 Å². The number of carboxylic acids is 1. The van der Waals surface area contributed by atoms with E-state index in [1.165, 1.54) is 54.7 Å². The molecular formula is C26H21ClN4O6S. The first kappa shape index (κ1) is 26.7. The summed E-state index contributed by atoms with van der Waals surface area (Å²) >= 11 is 7.65. The fourth-order valence-corrected chi connectivity index (χ4v) is 4.45. The molecule has 0 saturated heterocycles. The standard InChI is InChI=1S/C26H21ClN4O6S/c1-14(26(36)37)30-31(24(34)17-6-8-21-22(11-17)38-13-29-21)25(35)19-7-5-16(10-20(19)27)23(33)28-12-15-3-2-4-18(32)9-15/h2-11,13-14,30,32H,12H2,1H3,(H,28,33)(H,36,37)/t14-/m0/s1. The number of imide groups is 1. The van der Waals surface area contributed by atoms with Gasteiger partial charge in [-0.3, -0.25) is 19.2 Å². The summed E-state index contributed by atoms with van der Waals surface area (Å²) in [5.74, 6) is -3.37. The lowest BCUT2D eigenvalue weighted by molar-refractivity contribution is -0.139. The molecule has 0 saturated carbocycles. The maximum absolute atomic E-state index is 13.4. The summed E-state index contributed by atoms with van der Waals surface area (Å²) in [5.41, 5.74) is 5.58. The van der Waals surface area contributed by atoms with Gasteiger partial charge in [-0.25, -0.2) is 15.4 Å². The Balaban J connectivity index is 1.57. The molecular weight excluding hydrogens is 532 g/mol. The normalized spacial score (nSPS) is 11.6. The van der Waals surface area contributed by atoms with E-state index in [9.17, 15) is 29.4 Å². The number of halogens is 1. The number of carbonyl (C=O) groups is 4. The summed E-state index contributed by atoms with van der Waals surface area (Å²) in [5, 5.41) is 22.1. The minimum atomic E-state index is -1.28. The number of benzene rings is 3. The number of nitrogens with one attached hydrogen (secondary N) is 2. The molecule has 0 radical (unpaired) electrons. The number of aliphatic carboxylic acids is 1. The first-order valence-electron chi connectivity index (χ1n) is 11.2. The molecule has 1 heterocycles. The highest BCUT2D eigenvalue weighted by Gasteiger charge is 2.29. The van der Waals surface area contributed by atoms with E-state index in [1.807, 2.05) is 0 Å². The zero-order chi connectivity index (χ0) is 27.4. The Hall–Kier alpha value is -4.32. The van der Waals surface area contributed by atoms with Crippen molar-refractivity contribution in [2.24, 2.45) is 0 Å². The second-order valence-corrected chi connectivity index (χ2v) is 9.51.